The number of hydrogen-bond acceptors (Lipinski definition) is 3. The maximum atomic E-state index is 13.0. The molecule has 0 spiro atoms. The first-order chi connectivity index (χ1) is 10.8. The van der Waals surface area contributed by atoms with Crippen molar-refractivity contribution in [1.29, 1.82) is 0 Å². The van der Waals surface area contributed by atoms with Gasteiger partial charge in [-0.05, 0) is 62.1 Å². The highest BCUT2D eigenvalue weighted by molar-refractivity contribution is 6.22. The molecule has 0 radical (unpaired) electrons. The average Bonchev–Trinajstić information content (AvgIpc) is 2.80. The van der Waals surface area contributed by atoms with Crippen molar-refractivity contribution in [3.8, 4) is 0 Å². The first kappa shape index (κ1) is 15.2. The van der Waals surface area contributed by atoms with Crippen LogP contribution in [-0.4, -0.2) is 17.6 Å². The van der Waals surface area contributed by atoms with E-state index < -0.39 is 11.8 Å². The molecule has 116 valence electrons. The van der Waals surface area contributed by atoms with Crippen LogP contribution in [0.25, 0.3) is 0 Å². The summed E-state index contributed by atoms with van der Waals surface area (Å²) in [6.45, 7) is 7.82. The van der Waals surface area contributed by atoms with Gasteiger partial charge >= 0.3 is 0 Å². The smallest absolute Gasteiger partial charge is 0.258 e. The predicted molar refractivity (Wildman–Crippen MR) is 87.1 cm³/mol. The second kappa shape index (κ2) is 5.16. The van der Waals surface area contributed by atoms with E-state index >= 15 is 0 Å². The van der Waals surface area contributed by atoms with E-state index in [1.165, 1.54) is 12.1 Å². The van der Waals surface area contributed by atoms with Crippen LogP contribution < -0.4 is 5.32 Å². The van der Waals surface area contributed by atoms with Crippen LogP contribution in [0, 0.1) is 27.7 Å². The van der Waals surface area contributed by atoms with Gasteiger partial charge in [0.1, 0.15) is 0 Å². The third kappa shape index (κ3) is 2.27. The normalized spacial score (nSPS) is 13.0. The van der Waals surface area contributed by atoms with Crippen LogP contribution in [0.3, 0.4) is 0 Å². The molecule has 0 aliphatic carbocycles. The first-order valence-electron chi connectivity index (χ1n) is 7.43. The number of fused-ring (bicyclic) bond motifs is 1. The van der Waals surface area contributed by atoms with Gasteiger partial charge in [0.05, 0.1) is 11.1 Å². The molecule has 1 aliphatic heterocycles. The molecule has 4 nitrogen and oxygen atoms in total. The quantitative estimate of drug-likeness (QED) is 0.685. The van der Waals surface area contributed by atoms with Gasteiger partial charge in [0.15, 0.2) is 5.78 Å². The van der Waals surface area contributed by atoms with E-state index in [4.69, 9.17) is 0 Å². The van der Waals surface area contributed by atoms with Crippen molar-refractivity contribution in [3.63, 3.8) is 0 Å². The minimum absolute atomic E-state index is 0.123. The Hall–Kier alpha value is -2.75. The Morgan fingerprint density at radius 2 is 1.39 bits per heavy atom. The molecule has 0 fully saturated rings. The molecule has 2 amide bonds. The molecule has 1 heterocycles. The molecule has 2 aromatic carbocycles. The topological polar surface area (TPSA) is 63.2 Å². The summed E-state index contributed by atoms with van der Waals surface area (Å²) in [5.41, 5.74) is 5.69. The fourth-order valence-corrected chi connectivity index (χ4v) is 3.01. The van der Waals surface area contributed by atoms with Crippen molar-refractivity contribution in [2.24, 2.45) is 0 Å². The van der Waals surface area contributed by atoms with Crippen molar-refractivity contribution in [2.45, 2.75) is 27.7 Å². The minimum Gasteiger partial charge on any atom is -0.289 e. The second-order valence-corrected chi connectivity index (χ2v) is 6.01. The average molecular weight is 307 g/mol. The summed E-state index contributed by atoms with van der Waals surface area (Å²) in [7, 11) is 0. The maximum Gasteiger partial charge on any atom is 0.258 e. The third-order valence-corrected chi connectivity index (χ3v) is 4.59. The van der Waals surface area contributed by atoms with Crippen LogP contribution in [-0.2, 0) is 0 Å². The Kier molecular flexibility index (Phi) is 3.40. The van der Waals surface area contributed by atoms with Crippen molar-refractivity contribution in [1.82, 2.24) is 5.32 Å². The summed E-state index contributed by atoms with van der Waals surface area (Å²) in [4.78, 5) is 36.4. The van der Waals surface area contributed by atoms with Gasteiger partial charge in [0, 0.05) is 11.1 Å². The molecule has 0 atom stereocenters. The Morgan fingerprint density at radius 3 is 2.00 bits per heavy atom. The number of amides is 2. The van der Waals surface area contributed by atoms with E-state index in [1.807, 2.05) is 27.7 Å². The number of benzene rings is 2. The van der Waals surface area contributed by atoms with Crippen molar-refractivity contribution >= 4 is 17.6 Å². The third-order valence-electron chi connectivity index (χ3n) is 4.59. The molecule has 3 rings (SSSR count). The molecule has 1 N–H and O–H groups in total. The van der Waals surface area contributed by atoms with Gasteiger partial charge in [0.2, 0.25) is 0 Å². The molecule has 0 bridgehead atoms. The van der Waals surface area contributed by atoms with E-state index in [2.05, 4.69) is 11.4 Å². The summed E-state index contributed by atoms with van der Waals surface area (Å²) in [5.74, 6) is -0.988. The highest BCUT2D eigenvalue weighted by Gasteiger charge is 2.28. The summed E-state index contributed by atoms with van der Waals surface area (Å²) in [6.07, 6.45) is 0. The zero-order valence-corrected chi connectivity index (χ0v) is 13.5. The lowest BCUT2D eigenvalue weighted by Gasteiger charge is -2.14. The molecule has 2 aromatic rings. The standard InChI is InChI=1S/C19H17NO3/c1-9-7-10(2)12(4)16(11(9)3)17(21)13-5-6-14-15(8-13)19(23)20-18(14)22/h5-8H,1-4H3,(H,20,22,23). The maximum absolute atomic E-state index is 13.0. The number of hydrogen-bond donors (Lipinski definition) is 1. The van der Waals surface area contributed by atoms with Crippen molar-refractivity contribution in [2.75, 3.05) is 0 Å². The lowest BCUT2D eigenvalue weighted by atomic mass is 9.88. The minimum atomic E-state index is -0.450. The molecule has 4 heteroatoms. The van der Waals surface area contributed by atoms with Gasteiger partial charge in [-0.2, -0.15) is 0 Å². The number of carbonyl (C=O) groups excluding carboxylic acids is 3. The Morgan fingerprint density at radius 1 is 0.826 bits per heavy atom. The van der Waals surface area contributed by atoms with Crippen LogP contribution in [0.4, 0.5) is 0 Å². The number of rotatable bonds is 2. The Labute approximate surface area is 134 Å². The lowest BCUT2D eigenvalue weighted by molar-refractivity contribution is 0.0879. The number of aryl methyl sites for hydroxylation is 2. The summed E-state index contributed by atoms with van der Waals surface area (Å²) in [6, 6.07) is 6.72. The summed E-state index contributed by atoms with van der Waals surface area (Å²) < 4.78 is 0. The second-order valence-electron chi connectivity index (χ2n) is 6.01. The fourth-order valence-electron chi connectivity index (χ4n) is 3.01. The van der Waals surface area contributed by atoms with E-state index in [1.54, 1.807) is 6.07 Å². The highest BCUT2D eigenvalue weighted by atomic mass is 16.2. The number of nitrogens with one attached hydrogen (secondary N) is 1. The Bertz CT molecular complexity index is 868. The number of ketones is 1. The molecule has 0 unspecified atom stereocenters. The highest BCUT2D eigenvalue weighted by Crippen LogP contribution is 2.26. The van der Waals surface area contributed by atoms with Gasteiger partial charge in [0.25, 0.3) is 11.8 Å². The van der Waals surface area contributed by atoms with E-state index in [-0.39, 0.29) is 11.3 Å². The lowest BCUT2D eigenvalue weighted by Crippen LogP contribution is -2.19. The molecule has 0 aromatic heterocycles. The van der Waals surface area contributed by atoms with Gasteiger partial charge in [-0.25, -0.2) is 0 Å². The van der Waals surface area contributed by atoms with Crippen LogP contribution >= 0.6 is 0 Å². The van der Waals surface area contributed by atoms with E-state index in [0.29, 0.717) is 16.7 Å². The van der Waals surface area contributed by atoms with Crippen LogP contribution in [0.2, 0.25) is 0 Å². The zero-order chi connectivity index (χ0) is 16.9. The summed E-state index contributed by atoms with van der Waals surface area (Å²) in [5, 5.41) is 2.24. The van der Waals surface area contributed by atoms with Crippen LogP contribution in [0.5, 0.6) is 0 Å². The molecule has 1 aliphatic rings. The molecular weight excluding hydrogens is 290 g/mol. The van der Waals surface area contributed by atoms with E-state index in [9.17, 15) is 14.4 Å². The van der Waals surface area contributed by atoms with Crippen LogP contribution in [0.15, 0.2) is 24.3 Å². The van der Waals surface area contributed by atoms with Gasteiger partial charge in [-0.3, -0.25) is 19.7 Å². The van der Waals surface area contributed by atoms with Crippen LogP contribution in [0.1, 0.15) is 58.9 Å². The SMILES string of the molecule is Cc1cc(C)c(C)c(C(=O)c2ccc3c(c2)C(=O)NC3=O)c1C. The summed E-state index contributed by atoms with van der Waals surface area (Å²) >= 11 is 0. The molecular formula is C19H17NO3. The fraction of sp³-hybridized carbons (Fsp3) is 0.211. The van der Waals surface area contributed by atoms with Gasteiger partial charge in [-0.15, -0.1) is 0 Å². The zero-order valence-electron chi connectivity index (χ0n) is 13.5. The van der Waals surface area contributed by atoms with Gasteiger partial charge < -0.3 is 0 Å². The van der Waals surface area contributed by atoms with E-state index in [0.717, 1.165) is 22.3 Å². The monoisotopic (exact) mass is 307 g/mol. The molecule has 0 saturated carbocycles. The van der Waals surface area contributed by atoms with Crippen molar-refractivity contribution < 1.29 is 14.4 Å². The van der Waals surface area contributed by atoms with Crippen molar-refractivity contribution in [3.05, 3.63) is 68.8 Å². The number of imide groups is 1. The van der Waals surface area contributed by atoms with Gasteiger partial charge in [-0.1, -0.05) is 12.1 Å². The molecule has 0 saturated heterocycles. The predicted octanol–water partition coefficient (Wildman–Crippen LogP) is 3.03. The first-order valence-corrected chi connectivity index (χ1v) is 7.43. The molecule has 23 heavy (non-hydrogen) atoms. The number of carbonyl (C=O) groups is 3. The largest absolute Gasteiger partial charge is 0.289 e. The Balaban J connectivity index is 2.15.